The van der Waals surface area contributed by atoms with Gasteiger partial charge in [-0.1, -0.05) is 0 Å². The first-order valence-electron chi connectivity index (χ1n) is 4.58. The molecular formula is C9H16N2O2. The molecule has 74 valence electrons. The van der Waals surface area contributed by atoms with Gasteiger partial charge in [-0.05, 0) is 18.9 Å². The molecular weight excluding hydrogens is 168 g/mol. The molecule has 0 spiro atoms. The molecule has 0 aromatic heterocycles. The van der Waals surface area contributed by atoms with Crippen molar-refractivity contribution < 1.29 is 9.53 Å². The fourth-order valence-corrected chi connectivity index (χ4v) is 1.21. The Bertz CT molecular complexity index is 192. The Morgan fingerprint density at radius 1 is 1.69 bits per heavy atom. The highest BCUT2D eigenvalue weighted by Gasteiger charge is 2.09. The van der Waals surface area contributed by atoms with Gasteiger partial charge in [0.15, 0.2) is 0 Å². The molecule has 0 saturated heterocycles. The zero-order valence-electron chi connectivity index (χ0n) is 7.66. The van der Waals surface area contributed by atoms with Crippen molar-refractivity contribution in [3.8, 4) is 0 Å². The molecule has 1 unspecified atom stereocenters. The van der Waals surface area contributed by atoms with Gasteiger partial charge in [0.2, 0.25) is 5.91 Å². The van der Waals surface area contributed by atoms with Crippen LogP contribution in [0.15, 0.2) is 12.3 Å². The standard InChI is InChI=1S/C9H16N2O2/c10-9(12)4-5-11-7-8-3-1-2-6-13-8/h2,6,8,11H,1,3-5,7H2,(H2,10,12). The molecule has 1 aliphatic heterocycles. The van der Waals surface area contributed by atoms with E-state index in [9.17, 15) is 4.79 Å². The Morgan fingerprint density at radius 2 is 2.54 bits per heavy atom. The van der Waals surface area contributed by atoms with Gasteiger partial charge >= 0.3 is 0 Å². The zero-order valence-corrected chi connectivity index (χ0v) is 7.66. The number of carbonyl (C=O) groups is 1. The van der Waals surface area contributed by atoms with E-state index in [1.807, 2.05) is 6.08 Å². The summed E-state index contributed by atoms with van der Waals surface area (Å²) in [7, 11) is 0. The fourth-order valence-electron chi connectivity index (χ4n) is 1.21. The number of nitrogens with two attached hydrogens (primary N) is 1. The highest BCUT2D eigenvalue weighted by molar-refractivity contribution is 5.73. The molecule has 1 aliphatic rings. The van der Waals surface area contributed by atoms with Crippen molar-refractivity contribution in [2.45, 2.75) is 25.4 Å². The van der Waals surface area contributed by atoms with Gasteiger partial charge in [0.25, 0.3) is 0 Å². The monoisotopic (exact) mass is 184 g/mol. The van der Waals surface area contributed by atoms with Crippen LogP contribution in [0.1, 0.15) is 19.3 Å². The summed E-state index contributed by atoms with van der Waals surface area (Å²) in [6.45, 7) is 1.43. The Hall–Kier alpha value is -1.03. The van der Waals surface area contributed by atoms with Crippen LogP contribution in [0.4, 0.5) is 0 Å². The van der Waals surface area contributed by atoms with Crippen molar-refractivity contribution in [3.63, 3.8) is 0 Å². The molecule has 0 aromatic carbocycles. The number of allylic oxidation sites excluding steroid dienone is 1. The molecule has 0 fully saturated rings. The first-order valence-corrected chi connectivity index (χ1v) is 4.58. The van der Waals surface area contributed by atoms with E-state index >= 15 is 0 Å². The second-order valence-electron chi connectivity index (χ2n) is 3.13. The predicted octanol–water partition coefficient (Wildman–Crippen LogP) is 0.144. The topological polar surface area (TPSA) is 64.4 Å². The molecule has 0 aromatic rings. The molecule has 4 nitrogen and oxygen atoms in total. The molecule has 1 atom stereocenters. The Kier molecular flexibility index (Phi) is 4.32. The second-order valence-corrected chi connectivity index (χ2v) is 3.13. The number of carbonyl (C=O) groups excluding carboxylic acids is 1. The van der Waals surface area contributed by atoms with Crippen LogP contribution in [-0.2, 0) is 9.53 Å². The van der Waals surface area contributed by atoms with Crippen LogP contribution in [-0.4, -0.2) is 25.1 Å². The van der Waals surface area contributed by atoms with Crippen LogP contribution in [0.3, 0.4) is 0 Å². The van der Waals surface area contributed by atoms with E-state index in [0.717, 1.165) is 19.4 Å². The Labute approximate surface area is 78.1 Å². The van der Waals surface area contributed by atoms with Crippen molar-refractivity contribution >= 4 is 5.91 Å². The average molecular weight is 184 g/mol. The molecule has 1 amide bonds. The molecule has 3 N–H and O–H groups in total. The average Bonchev–Trinajstić information content (AvgIpc) is 2.14. The summed E-state index contributed by atoms with van der Waals surface area (Å²) in [5.74, 6) is -0.267. The first-order chi connectivity index (χ1) is 6.29. The highest BCUT2D eigenvalue weighted by atomic mass is 16.5. The predicted molar refractivity (Wildman–Crippen MR) is 49.9 cm³/mol. The van der Waals surface area contributed by atoms with Gasteiger partial charge < -0.3 is 15.8 Å². The second kappa shape index (κ2) is 5.59. The summed E-state index contributed by atoms with van der Waals surface area (Å²) in [5, 5.41) is 3.13. The van der Waals surface area contributed by atoms with Gasteiger partial charge in [-0.2, -0.15) is 0 Å². The van der Waals surface area contributed by atoms with Crippen molar-refractivity contribution in [1.82, 2.24) is 5.32 Å². The minimum atomic E-state index is -0.267. The van der Waals surface area contributed by atoms with Crippen LogP contribution in [0, 0.1) is 0 Å². The number of amides is 1. The van der Waals surface area contributed by atoms with Gasteiger partial charge in [-0.25, -0.2) is 0 Å². The molecule has 0 saturated carbocycles. The van der Waals surface area contributed by atoms with E-state index in [-0.39, 0.29) is 12.0 Å². The van der Waals surface area contributed by atoms with Crippen LogP contribution in [0.2, 0.25) is 0 Å². The van der Waals surface area contributed by atoms with Crippen molar-refractivity contribution in [2.75, 3.05) is 13.1 Å². The fraction of sp³-hybridized carbons (Fsp3) is 0.667. The number of primary amides is 1. The number of rotatable bonds is 5. The molecule has 0 radical (unpaired) electrons. The van der Waals surface area contributed by atoms with Crippen LogP contribution in [0.5, 0.6) is 0 Å². The molecule has 4 heteroatoms. The molecule has 0 aliphatic carbocycles. The van der Waals surface area contributed by atoms with Gasteiger partial charge in [0, 0.05) is 19.5 Å². The number of ether oxygens (including phenoxy) is 1. The normalized spacial score (nSPS) is 21.1. The van der Waals surface area contributed by atoms with Gasteiger partial charge in [-0.3, -0.25) is 4.79 Å². The lowest BCUT2D eigenvalue weighted by Crippen LogP contribution is -2.31. The maximum Gasteiger partial charge on any atom is 0.218 e. The van der Waals surface area contributed by atoms with Crippen LogP contribution < -0.4 is 11.1 Å². The molecule has 0 bridgehead atoms. The van der Waals surface area contributed by atoms with Crippen LogP contribution in [0.25, 0.3) is 0 Å². The van der Waals surface area contributed by atoms with Crippen molar-refractivity contribution in [2.24, 2.45) is 5.73 Å². The summed E-state index contributed by atoms with van der Waals surface area (Å²) in [6, 6.07) is 0. The number of hydrogen-bond acceptors (Lipinski definition) is 3. The third kappa shape index (κ3) is 4.52. The maximum absolute atomic E-state index is 10.4. The minimum Gasteiger partial charge on any atom is -0.497 e. The first kappa shape index (κ1) is 10.1. The highest BCUT2D eigenvalue weighted by Crippen LogP contribution is 2.08. The van der Waals surface area contributed by atoms with E-state index in [1.165, 1.54) is 0 Å². The largest absolute Gasteiger partial charge is 0.497 e. The summed E-state index contributed by atoms with van der Waals surface area (Å²) in [5.41, 5.74) is 4.99. The lowest BCUT2D eigenvalue weighted by Gasteiger charge is -2.19. The summed E-state index contributed by atoms with van der Waals surface area (Å²) < 4.78 is 5.33. The van der Waals surface area contributed by atoms with Crippen molar-refractivity contribution in [3.05, 3.63) is 12.3 Å². The SMILES string of the molecule is NC(=O)CCNCC1CCC=CO1. The number of hydrogen-bond donors (Lipinski definition) is 2. The summed E-state index contributed by atoms with van der Waals surface area (Å²) in [4.78, 5) is 10.4. The quantitative estimate of drug-likeness (QED) is 0.597. The van der Waals surface area contributed by atoms with E-state index in [2.05, 4.69) is 5.32 Å². The van der Waals surface area contributed by atoms with Gasteiger partial charge in [0.1, 0.15) is 6.10 Å². The third-order valence-corrected chi connectivity index (χ3v) is 1.94. The van der Waals surface area contributed by atoms with Crippen LogP contribution >= 0.6 is 0 Å². The lowest BCUT2D eigenvalue weighted by molar-refractivity contribution is -0.117. The van der Waals surface area contributed by atoms with E-state index in [0.29, 0.717) is 13.0 Å². The summed E-state index contributed by atoms with van der Waals surface area (Å²) >= 11 is 0. The van der Waals surface area contributed by atoms with E-state index in [1.54, 1.807) is 6.26 Å². The van der Waals surface area contributed by atoms with E-state index < -0.39 is 0 Å². The third-order valence-electron chi connectivity index (χ3n) is 1.94. The molecule has 1 heterocycles. The minimum absolute atomic E-state index is 0.248. The zero-order chi connectivity index (χ0) is 9.52. The summed E-state index contributed by atoms with van der Waals surface area (Å²) in [6.07, 6.45) is 6.51. The Balaban J connectivity index is 1.99. The lowest BCUT2D eigenvalue weighted by atomic mass is 10.1. The molecule has 13 heavy (non-hydrogen) atoms. The van der Waals surface area contributed by atoms with E-state index in [4.69, 9.17) is 10.5 Å². The van der Waals surface area contributed by atoms with Gasteiger partial charge in [-0.15, -0.1) is 0 Å². The maximum atomic E-state index is 10.4. The van der Waals surface area contributed by atoms with Crippen molar-refractivity contribution in [1.29, 1.82) is 0 Å². The van der Waals surface area contributed by atoms with Gasteiger partial charge in [0.05, 0.1) is 6.26 Å². The smallest absolute Gasteiger partial charge is 0.218 e. The molecule has 1 rings (SSSR count). The number of nitrogens with one attached hydrogen (secondary N) is 1. The Morgan fingerprint density at radius 3 is 3.15 bits per heavy atom.